The van der Waals surface area contributed by atoms with Gasteiger partial charge < -0.3 is 10.5 Å². The van der Waals surface area contributed by atoms with E-state index in [2.05, 4.69) is 43.9 Å². The van der Waals surface area contributed by atoms with Gasteiger partial charge in [-0.1, -0.05) is 63.0 Å². The van der Waals surface area contributed by atoms with Gasteiger partial charge in [-0.3, -0.25) is 0 Å². The Morgan fingerprint density at radius 1 is 1.10 bits per heavy atom. The van der Waals surface area contributed by atoms with Crippen LogP contribution < -0.4 is 10.5 Å². The van der Waals surface area contributed by atoms with E-state index in [1.54, 1.807) is 6.07 Å². The first-order valence-electron chi connectivity index (χ1n) is 10.6. The molecule has 0 radical (unpaired) electrons. The van der Waals surface area contributed by atoms with Gasteiger partial charge in [0.05, 0.1) is 12.2 Å². The quantitative estimate of drug-likeness (QED) is 0.353. The molecule has 0 bridgehead atoms. The molecule has 166 valence electrons. The van der Waals surface area contributed by atoms with Crippen molar-refractivity contribution in [2.45, 2.75) is 71.4 Å². The molecule has 1 aromatic carbocycles. The molecular weight excluding hydrogens is 375 g/mol. The molecule has 5 heteroatoms. The van der Waals surface area contributed by atoms with Gasteiger partial charge in [-0.2, -0.15) is 13.2 Å². The fraction of sp³-hybridized carbons (Fsp3) is 0.583. The number of nitrogens with two attached hydrogens (primary N) is 1. The Balaban J connectivity index is 0.000000740. The monoisotopic (exact) mass is 413 g/mol. The lowest BCUT2D eigenvalue weighted by molar-refractivity contribution is -0.137. The van der Waals surface area contributed by atoms with Gasteiger partial charge in [-0.25, -0.2) is 0 Å². The Labute approximate surface area is 175 Å². The second-order valence-electron chi connectivity index (χ2n) is 6.85. The summed E-state index contributed by atoms with van der Waals surface area (Å²) in [5, 5.41) is 0. The Morgan fingerprint density at radius 2 is 1.79 bits per heavy atom. The van der Waals surface area contributed by atoms with E-state index in [0.717, 1.165) is 18.6 Å². The van der Waals surface area contributed by atoms with E-state index < -0.39 is 11.7 Å². The Hall–Kier alpha value is -1.75. The van der Waals surface area contributed by atoms with Crippen LogP contribution in [-0.4, -0.2) is 13.7 Å². The highest BCUT2D eigenvalue weighted by Gasteiger charge is 2.30. The number of rotatable bonds is 8. The highest BCUT2D eigenvalue weighted by molar-refractivity contribution is 5.30. The first kappa shape index (κ1) is 27.2. The first-order valence-corrected chi connectivity index (χ1v) is 10.6. The number of halogens is 3. The Bertz CT molecular complexity index is 561. The van der Waals surface area contributed by atoms with E-state index in [-0.39, 0.29) is 5.75 Å². The summed E-state index contributed by atoms with van der Waals surface area (Å²) in [5.41, 5.74) is 3.83. The van der Waals surface area contributed by atoms with Crippen molar-refractivity contribution in [2.24, 2.45) is 11.7 Å². The van der Waals surface area contributed by atoms with E-state index in [9.17, 15) is 13.2 Å². The number of hydrogen-bond donors (Lipinski definition) is 1. The summed E-state index contributed by atoms with van der Waals surface area (Å²) < 4.78 is 42.9. The molecular formula is C24H38F3NO. The van der Waals surface area contributed by atoms with Crippen molar-refractivity contribution in [3.63, 3.8) is 0 Å². The van der Waals surface area contributed by atoms with Crippen LogP contribution >= 0.6 is 0 Å². The first-order chi connectivity index (χ1) is 14.0. The Kier molecular flexibility index (Phi) is 16.1. The molecule has 2 rings (SSSR count). The molecule has 0 amide bonds. The molecule has 1 aromatic rings. The fourth-order valence-electron chi connectivity index (χ4n) is 2.93. The van der Waals surface area contributed by atoms with Crippen molar-refractivity contribution in [3.8, 4) is 5.75 Å². The predicted molar refractivity (Wildman–Crippen MR) is 117 cm³/mol. The summed E-state index contributed by atoms with van der Waals surface area (Å²) in [7, 11) is 1.50. The van der Waals surface area contributed by atoms with E-state index in [1.165, 1.54) is 58.1 Å². The standard InChI is InChI=1S/C16H19F3O.C7H14.CH5N/c17-16(18,19)14-9-5-10-15(12-14)20-11-4-3-8-13-6-1-2-7-13;1-3-5-7-6-4-2;1-2/h3,5,8-10,12-13H,1-2,4,6-7,11H2;3,5H,4,6-7H2,1-2H3;2H2,1H3/b8-3+;5-3-;. The summed E-state index contributed by atoms with van der Waals surface area (Å²) >= 11 is 0. The summed E-state index contributed by atoms with van der Waals surface area (Å²) in [4.78, 5) is 0. The molecule has 0 atom stereocenters. The van der Waals surface area contributed by atoms with Crippen molar-refractivity contribution in [2.75, 3.05) is 13.7 Å². The minimum atomic E-state index is -4.32. The van der Waals surface area contributed by atoms with Crippen LogP contribution in [0.5, 0.6) is 5.75 Å². The number of benzene rings is 1. The predicted octanol–water partition coefficient (Wildman–Crippen LogP) is 7.55. The molecule has 0 saturated heterocycles. The molecule has 2 nitrogen and oxygen atoms in total. The second-order valence-corrected chi connectivity index (χ2v) is 6.85. The third-order valence-corrected chi connectivity index (χ3v) is 4.48. The molecule has 1 aliphatic rings. The maximum Gasteiger partial charge on any atom is 0.416 e. The van der Waals surface area contributed by atoms with Crippen LogP contribution in [0.3, 0.4) is 0 Å². The molecule has 0 unspecified atom stereocenters. The largest absolute Gasteiger partial charge is 0.493 e. The molecule has 0 heterocycles. The average molecular weight is 414 g/mol. The summed E-state index contributed by atoms with van der Waals surface area (Å²) in [6.45, 7) is 4.68. The van der Waals surface area contributed by atoms with Crippen molar-refractivity contribution in [1.82, 2.24) is 0 Å². The van der Waals surface area contributed by atoms with Gasteiger partial charge >= 0.3 is 6.18 Å². The van der Waals surface area contributed by atoms with Crippen LogP contribution in [0.1, 0.15) is 70.8 Å². The van der Waals surface area contributed by atoms with Gasteiger partial charge in [-0.05, 0) is 63.8 Å². The highest BCUT2D eigenvalue weighted by Crippen LogP contribution is 2.31. The van der Waals surface area contributed by atoms with Gasteiger partial charge in [0.25, 0.3) is 0 Å². The summed E-state index contributed by atoms with van der Waals surface area (Å²) in [6.07, 6.45) is 14.0. The van der Waals surface area contributed by atoms with Gasteiger partial charge in [0, 0.05) is 0 Å². The van der Waals surface area contributed by atoms with Crippen LogP contribution in [-0.2, 0) is 6.18 Å². The lowest BCUT2D eigenvalue weighted by atomic mass is 10.1. The van der Waals surface area contributed by atoms with E-state index in [0.29, 0.717) is 12.5 Å². The number of unbranched alkanes of at least 4 members (excludes halogenated alkanes) is 2. The fourth-order valence-corrected chi connectivity index (χ4v) is 2.93. The third-order valence-electron chi connectivity index (χ3n) is 4.48. The van der Waals surface area contributed by atoms with Crippen LogP contribution in [0.15, 0.2) is 48.6 Å². The van der Waals surface area contributed by atoms with Gasteiger partial charge in [0.2, 0.25) is 0 Å². The molecule has 29 heavy (non-hydrogen) atoms. The zero-order chi connectivity index (χ0) is 22.0. The van der Waals surface area contributed by atoms with Crippen LogP contribution in [0.2, 0.25) is 0 Å². The maximum atomic E-state index is 12.5. The summed E-state index contributed by atoms with van der Waals surface area (Å²) in [6, 6.07) is 5.01. The molecule has 0 aliphatic heterocycles. The second kappa shape index (κ2) is 17.1. The molecule has 1 aliphatic carbocycles. The smallest absolute Gasteiger partial charge is 0.416 e. The third kappa shape index (κ3) is 14.0. The highest BCUT2D eigenvalue weighted by atomic mass is 19.4. The molecule has 1 saturated carbocycles. The number of alkyl halides is 3. The van der Waals surface area contributed by atoms with Crippen LogP contribution in [0, 0.1) is 5.92 Å². The van der Waals surface area contributed by atoms with Crippen molar-refractivity contribution >= 4 is 0 Å². The molecule has 2 N–H and O–H groups in total. The van der Waals surface area contributed by atoms with Gasteiger partial charge in [-0.15, -0.1) is 0 Å². The van der Waals surface area contributed by atoms with Gasteiger partial charge in [0.1, 0.15) is 5.75 Å². The van der Waals surface area contributed by atoms with Crippen molar-refractivity contribution in [1.29, 1.82) is 0 Å². The van der Waals surface area contributed by atoms with E-state index in [4.69, 9.17) is 4.74 Å². The van der Waals surface area contributed by atoms with Crippen molar-refractivity contribution in [3.05, 3.63) is 54.1 Å². The topological polar surface area (TPSA) is 35.2 Å². The Morgan fingerprint density at radius 3 is 2.38 bits per heavy atom. The zero-order valence-electron chi connectivity index (χ0n) is 18.2. The maximum absolute atomic E-state index is 12.5. The van der Waals surface area contributed by atoms with Gasteiger partial charge in [0.15, 0.2) is 0 Å². The molecule has 0 aromatic heterocycles. The van der Waals surface area contributed by atoms with E-state index >= 15 is 0 Å². The van der Waals surface area contributed by atoms with Crippen molar-refractivity contribution < 1.29 is 17.9 Å². The minimum absolute atomic E-state index is 0.272. The minimum Gasteiger partial charge on any atom is -0.493 e. The van der Waals surface area contributed by atoms with Crippen LogP contribution in [0.4, 0.5) is 13.2 Å². The van der Waals surface area contributed by atoms with Crippen LogP contribution in [0.25, 0.3) is 0 Å². The number of allylic oxidation sites excluding steroid dienone is 3. The normalized spacial score (nSPS) is 14.4. The lowest BCUT2D eigenvalue weighted by Gasteiger charge is -2.09. The zero-order valence-corrected chi connectivity index (χ0v) is 18.2. The number of ether oxygens (including phenoxy) is 1. The molecule has 0 spiro atoms. The molecule has 1 fully saturated rings. The lowest BCUT2D eigenvalue weighted by Crippen LogP contribution is -2.05. The van der Waals surface area contributed by atoms with E-state index in [1.807, 2.05) is 0 Å². The summed E-state index contributed by atoms with van der Waals surface area (Å²) in [5.74, 6) is 0.956. The SMILES string of the molecule is C/C=C\CCCC.CN.FC(F)(F)c1cccc(OCC/C=C/C2CCCC2)c1. The number of hydrogen-bond acceptors (Lipinski definition) is 2. The average Bonchev–Trinajstić information content (AvgIpc) is 3.23.